The zero-order valence-electron chi connectivity index (χ0n) is 16.2. The van der Waals surface area contributed by atoms with E-state index >= 15 is 0 Å². The van der Waals surface area contributed by atoms with E-state index in [-0.39, 0.29) is 12.1 Å². The summed E-state index contributed by atoms with van der Waals surface area (Å²) in [5.74, 6) is 0. The molecule has 1 aliphatic heterocycles. The molecule has 2 heterocycles. The van der Waals surface area contributed by atoms with E-state index in [1.807, 2.05) is 30.3 Å². The molecule has 0 bridgehead atoms. The number of para-hydroxylation sites is 1. The van der Waals surface area contributed by atoms with Crippen molar-refractivity contribution in [2.45, 2.75) is 32.4 Å². The van der Waals surface area contributed by atoms with Crippen molar-refractivity contribution in [2.24, 2.45) is 0 Å². The van der Waals surface area contributed by atoms with Gasteiger partial charge >= 0.3 is 6.03 Å². The first-order valence-corrected chi connectivity index (χ1v) is 9.86. The maximum atomic E-state index is 12.5. The van der Waals surface area contributed by atoms with Crippen molar-refractivity contribution >= 4 is 22.6 Å². The largest absolute Gasteiger partial charge is 0.335 e. The number of aromatic nitrogens is 1. The molecule has 1 fully saturated rings. The molecule has 4 rings (SSSR count). The molecule has 1 aromatic heterocycles. The van der Waals surface area contributed by atoms with E-state index in [2.05, 4.69) is 51.7 Å². The van der Waals surface area contributed by atoms with Gasteiger partial charge in [-0.1, -0.05) is 48.0 Å². The fourth-order valence-electron chi connectivity index (χ4n) is 3.85. The molecule has 1 saturated heterocycles. The predicted molar refractivity (Wildman–Crippen MR) is 113 cm³/mol. The molecule has 2 amide bonds. The van der Waals surface area contributed by atoms with Crippen LogP contribution >= 0.6 is 0 Å². The molecule has 5 nitrogen and oxygen atoms in total. The summed E-state index contributed by atoms with van der Waals surface area (Å²) in [7, 11) is 0. The lowest BCUT2D eigenvalue weighted by atomic mass is 10.0. The summed E-state index contributed by atoms with van der Waals surface area (Å²) in [5, 5.41) is 7.10. The summed E-state index contributed by atoms with van der Waals surface area (Å²) in [6.45, 7) is 5.09. The van der Waals surface area contributed by atoms with Crippen LogP contribution in [-0.4, -0.2) is 35.0 Å². The Balaban J connectivity index is 1.29. The highest BCUT2D eigenvalue weighted by molar-refractivity contribution is 5.99. The number of carbonyl (C=O) groups is 1. The van der Waals surface area contributed by atoms with Crippen LogP contribution in [0.4, 0.5) is 10.5 Å². The Morgan fingerprint density at radius 2 is 1.89 bits per heavy atom. The summed E-state index contributed by atoms with van der Waals surface area (Å²) in [6, 6.07) is 18.4. The number of carbonyl (C=O) groups excluding carboxylic acids is 1. The molecule has 0 atom stereocenters. The number of urea groups is 1. The average molecular weight is 374 g/mol. The number of hydrogen-bond donors (Lipinski definition) is 2. The number of amides is 2. The van der Waals surface area contributed by atoms with Crippen molar-refractivity contribution in [1.29, 1.82) is 0 Å². The first-order chi connectivity index (χ1) is 13.7. The molecule has 0 unspecified atom stereocenters. The quantitative estimate of drug-likeness (QED) is 0.715. The van der Waals surface area contributed by atoms with Crippen molar-refractivity contribution in [1.82, 2.24) is 15.2 Å². The fraction of sp³-hybridized carbons (Fsp3) is 0.304. The number of nitrogens with one attached hydrogen (secondary N) is 2. The van der Waals surface area contributed by atoms with Crippen LogP contribution in [-0.2, 0) is 6.54 Å². The van der Waals surface area contributed by atoms with Gasteiger partial charge in [-0.25, -0.2) is 4.79 Å². The number of aryl methyl sites for hydroxylation is 1. The Morgan fingerprint density at radius 1 is 1.11 bits per heavy atom. The van der Waals surface area contributed by atoms with Crippen LogP contribution in [0.15, 0.2) is 60.8 Å². The average Bonchev–Trinajstić information content (AvgIpc) is 2.70. The van der Waals surface area contributed by atoms with Gasteiger partial charge in [0.05, 0.1) is 11.2 Å². The van der Waals surface area contributed by atoms with E-state index in [9.17, 15) is 4.79 Å². The number of benzene rings is 2. The summed E-state index contributed by atoms with van der Waals surface area (Å²) in [4.78, 5) is 19.3. The summed E-state index contributed by atoms with van der Waals surface area (Å²) < 4.78 is 0. The van der Waals surface area contributed by atoms with Gasteiger partial charge in [-0.05, 0) is 37.5 Å². The maximum Gasteiger partial charge on any atom is 0.319 e. The Bertz CT molecular complexity index is 958. The number of nitrogens with zero attached hydrogens (tertiary/aromatic N) is 2. The molecule has 0 aliphatic carbocycles. The molecule has 3 aromatic rings. The molecule has 2 aromatic carbocycles. The molecule has 0 radical (unpaired) electrons. The lowest BCUT2D eigenvalue weighted by Crippen LogP contribution is -2.45. The van der Waals surface area contributed by atoms with E-state index in [0.29, 0.717) is 0 Å². The Hall–Kier alpha value is -2.92. The normalized spacial score (nSPS) is 15.5. The Kier molecular flexibility index (Phi) is 5.53. The van der Waals surface area contributed by atoms with Gasteiger partial charge < -0.3 is 10.6 Å². The van der Waals surface area contributed by atoms with Crippen LogP contribution in [0.1, 0.15) is 24.0 Å². The number of fused-ring (bicyclic) bond motifs is 1. The van der Waals surface area contributed by atoms with Gasteiger partial charge in [-0.15, -0.1) is 0 Å². The van der Waals surface area contributed by atoms with Crippen LogP contribution in [0.5, 0.6) is 0 Å². The first kappa shape index (κ1) is 18.4. The molecule has 0 saturated carbocycles. The molecule has 1 aliphatic rings. The standard InChI is InChI=1S/C23H26N4O/c1-17-5-2-6-18(15-17)16-27-13-10-20(11-14-27)25-23(28)26-21-9-3-7-19-8-4-12-24-22(19)21/h2-9,12,15,20H,10-11,13-14,16H2,1H3,(H2,25,26,28). The second-order valence-electron chi connectivity index (χ2n) is 7.52. The second-order valence-corrected chi connectivity index (χ2v) is 7.52. The zero-order valence-corrected chi connectivity index (χ0v) is 16.2. The van der Waals surface area contributed by atoms with Gasteiger partial charge in [-0.3, -0.25) is 9.88 Å². The smallest absolute Gasteiger partial charge is 0.319 e. The van der Waals surface area contributed by atoms with Crippen LogP contribution < -0.4 is 10.6 Å². The third-order valence-corrected chi connectivity index (χ3v) is 5.29. The molecule has 28 heavy (non-hydrogen) atoms. The highest BCUT2D eigenvalue weighted by Crippen LogP contribution is 2.21. The number of likely N-dealkylation sites (tertiary alicyclic amines) is 1. The van der Waals surface area contributed by atoms with Crippen molar-refractivity contribution in [3.63, 3.8) is 0 Å². The summed E-state index contributed by atoms with van der Waals surface area (Å²) in [5.41, 5.74) is 4.21. The van der Waals surface area contributed by atoms with E-state index in [0.717, 1.165) is 49.1 Å². The third-order valence-electron chi connectivity index (χ3n) is 5.29. The number of rotatable bonds is 4. The predicted octanol–water partition coefficient (Wildman–Crippen LogP) is 4.33. The number of pyridine rings is 1. The van der Waals surface area contributed by atoms with Gasteiger partial charge in [0.15, 0.2) is 0 Å². The van der Waals surface area contributed by atoms with Crippen molar-refractivity contribution in [3.8, 4) is 0 Å². The van der Waals surface area contributed by atoms with Gasteiger partial charge in [-0.2, -0.15) is 0 Å². The van der Waals surface area contributed by atoms with Gasteiger partial charge in [0.1, 0.15) is 0 Å². The van der Waals surface area contributed by atoms with E-state index in [1.54, 1.807) is 6.20 Å². The zero-order chi connectivity index (χ0) is 19.3. The van der Waals surface area contributed by atoms with Gasteiger partial charge in [0.2, 0.25) is 0 Å². The summed E-state index contributed by atoms with van der Waals surface area (Å²) in [6.07, 6.45) is 3.68. The van der Waals surface area contributed by atoms with Crippen LogP contribution in [0, 0.1) is 6.92 Å². The first-order valence-electron chi connectivity index (χ1n) is 9.86. The van der Waals surface area contributed by atoms with Crippen molar-refractivity contribution < 1.29 is 4.79 Å². The minimum Gasteiger partial charge on any atom is -0.335 e. The van der Waals surface area contributed by atoms with E-state index in [4.69, 9.17) is 0 Å². The highest BCUT2D eigenvalue weighted by Gasteiger charge is 2.21. The highest BCUT2D eigenvalue weighted by atomic mass is 16.2. The number of piperidine rings is 1. The van der Waals surface area contributed by atoms with Crippen molar-refractivity contribution in [2.75, 3.05) is 18.4 Å². The third kappa shape index (κ3) is 4.49. The van der Waals surface area contributed by atoms with Crippen LogP contribution in [0.25, 0.3) is 10.9 Å². The van der Waals surface area contributed by atoms with Crippen LogP contribution in [0.3, 0.4) is 0 Å². The maximum absolute atomic E-state index is 12.5. The van der Waals surface area contributed by atoms with Crippen LogP contribution in [0.2, 0.25) is 0 Å². The monoisotopic (exact) mass is 374 g/mol. The minimum atomic E-state index is -0.157. The van der Waals surface area contributed by atoms with Gasteiger partial charge in [0, 0.05) is 37.3 Å². The van der Waals surface area contributed by atoms with E-state index < -0.39 is 0 Å². The molecular formula is C23H26N4O. The number of anilines is 1. The van der Waals surface area contributed by atoms with Crippen molar-refractivity contribution in [3.05, 3.63) is 71.9 Å². The number of hydrogen-bond acceptors (Lipinski definition) is 3. The molecule has 5 heteroatoms. The Labute approximate surface area is 165 Å². The lowest BCUT2D eigenvalue weighted by molar-refractivity contribution is 0.190. The fourth-order valence-corrected chi connectivity index (χ4v) is 3.85. The second kappa shape index (κ2) is 8.40. The van der Waals surface area contributed by atoms with Gasteiger partial charge in [0.25, 0.3) is 0 Å². The SMILES string of the molecule is Cc1cccc(CN2CCC(NC(=O)Nc3cccc4cccnc34)CC2)c1. The minimum absolute atomic E-state index is 0.157. The molecule has 2 N–H and O–H groups in total. The van der Waals surface area contributed by atoms with E-state index in [1.165, 1.54) is 11.1 Å². The topological polar surface area (TPSA) is 57.3 Å². The molecule has 144 valence electrons. The Morgan fingerprint density at radius 3 is 2.71 bits per heavy atom. The lowest BCUT2D eigenvalue weighted by Gasteiger charge is -2.32. The molecule has 0 spiro atoms. The molecular weight excluding hydrogens is 348 g/mol. The summed E-state index contributed by atoms with van der Waals surface area (Å²) >= 11 is 0.